The molecule has 4 aliphatic carbocycles. The minimum Gasteiger partial charge on any atom is -0.393 e. The third-order valence-electron chi connectivity index (χ3n) is 11.9. The van der Waals surface area contributed by atoms with Crippen LogP contribution < -0.4 is 0 Å². The van der Waals surface area contributed by atoms with Crippen LogP contribution in [0.15, 0.2) is 12.2 Å². The van der Waals surface area contributed by atoms with Crippen LogP contribution in [0.25, 0.3) is 0 Å². The van der Waals surface area contributed by atoms with Crippen LogP contribution in [0.3, 0.4) is 0 Å². The van der Waals surface area contributed by atoms with E-state index in [1.54, 1.807) is 19.9 Å². The number of fused-ring (bicyclic) bond motifs is 5. The topological polar surface area (TPSA) is 77.8 Å². The highest BCUT2D eigenvalue weighted by atomic mass is 16.3. The number of aliphatic hydroxyl groups excluding tert-OH is 1. The van der Waals surface area contributed by atoms with Gasteiger partial charge in [-0.2, -0.15) is 0 Å². The SMILES string of the molecule is CC(C)(O)/C=C/C[C@@](C)(O)[C@H]1[C@@H](O)C[C@@]2(C)[C@@H]3CC[C@@H]4C(C)(C)C(=O)CC[C@@]4(C)[C@@H]3CC[C@@]12C. The number of rotatable bonds is 4. The molecule has 9 atom stereocenters. The minimum absolute atomic E-state index is 0.0382. The van der Waals surface area contributed by atoms with Gasteiger partial charge >= 0.3 is 0 Å². The molecule has 4 nitrogen and oxygen atoms in total. The molecule has 0 amide bonds. The molecule has 0 bridgehead atoms. The van der Waals surface area contributed by atoms with Gasteiger partial charge in [0, 0.05) is 17.8 Å². The molecule has 3 N–H and O–H groups in total. The zero-order valence-electron chi connectivity index (χ0n) is 22.9. The zero-order chi connectivity index (χ0) is 25.5. The van der Waals surface area contributed by atoms with Crippen LogP contribution >= 0.6 is 0 Å². The molecule has 0 radical (unpaired) electrons. The number of Topliss-reactive ketones (excluding diaryl/α,β-unsaturated/α-hetero) is 1. The largest absolute Gasteiger partial charge is 0.393 e. The Morgan fingerprint density at radius 3 is 2.21 bits per heavy atom. The molecule has 4 saturated carbocycles. The first-order chi connectivity index (χ1) is 15.4. The first kappa shape index (κ1) is 26.4. The van der Waals surface area contributed by atoms with Crippen LogP contribution in [-0.2, 0) is 4.79 Å². The van der Waals surface area contributed by atoms with E-state index in [9.17, 15) is 20.1 Å². The van der Waals surface area contributed by atoms with E-state index in [1.807, 2.05) is 13.0 Å². The molecular formula is C30H50O4. The van der Waals surface area contributed by atoms with Crippen molar-refractivity contribution >= 4 is 5.78 Å². The molecule has 194 valence electrons. The molecule has 0 aromatic rings. The van der Waals surface area contributed by atoms with Crippen LogP contribution in [0.1, 0.15) is 107 Å². The molecule has 0 unspecified atom stereocenters. The van der Waals surface area contributed by atoms with Gasteiger partial charge in [-0.3, -0.25) is 4.79 Å². The van der Waals surface area contributed by atoms with Gasteiger partial charge in [0.1, 0.15) is 5.78 Å². The number of carbonyl (C=O) groups is 1. The summed E-state index contributed by atoms with van der Waals surface area (Å²) in [6, 6.07) is 0. The lowest BCUT2D eigenvalue weighted by molar-refractivity contribution is -0.192. The predicted molar refractivity (Wildman–Crippen MR) is 136 cm³/mol. The van der Waals surface area contributed by atoms with E-state index in [0.717, 1.165) is 38.5 Å². The van der Waals surface area contributed by atoms with Crippen molar-refractivity contribution in [2.75, 3.05) is 0 Å². The number of hydrogen-bond donors (Lipinski definition) is 3. The Hall–Kier alpha value is -0.710. The molecule has 0 saturated heterocycles. The molecule has 4 fully saturated rings. The average molecular weight is 475 g/mol. The van der Waals surface area contributed by atoms with E-state index in [4.69, 9.17) is 0 Å². The molecular weight excluding hydrogens is 424 g/mol. The van der Waals surface area contributed by atoms with Gasteiger partial charge in [0.05, 0.1) is 17.3 Å². The summed E-state index contributed by atoms with van der Waals surface area (Å²) >= 11 is 0. The van der Waals surface area contributed by atoms with Gasteiger partial charge in [0.2, 0.25) is 0 Å². The van der Waals surface area contributed by atoms with Crippen LogP contribution in [0.5, 0.6) is 0 Å². The fraction of sp³-hybridized carbons (Fsp3) is 0.900. The van der Waals surface area contributed by atoms with Gasteiger partial charge in [0.25, 0.3) is 0 Å². The maximum atomic E-state index is 12.8. The Balaban J connectivity index is 1.65. The van der Waals surface area contributed by atoms with Crippen molar-refractivity contribution in [2.24, 2.45) is 45.3 Å². The highest BCUT2D eigenvalue weighted by Crippen LogP contribution is 2.74. The Morgan fingerprint density at radius 2 is 1.59 bits per heavy atom. The van der Waals surface area contributed by atoms with Crippen molar-refractivity contribution in [3.8, 4) is 0 Å². The highest BCUT2D eigenvalue weighted by Gasteiger charge is 2.70. The van der Waals surface area contributed by atoms with Crippen molar-refractivity contribution in [1.82, 2.24) is 0 Å². The smallest absolute Gasteiger partial charge is 0.138 e. The second kappa shape index (κ2) is 7.89. The summed E-state index contributed by atoms with van der Waals surface area (Å²) in [5.74, 6) is 1.76. The third kappa shape index (κ3) is 3.68. The van der Waals surface area contributed by atoms with E-state index in [0.29, 0.717) is 36.4 Å². The van der Waals surface area contributed by atoms with Crippen molar-refractivity contribution < 1.29 is 20.1 Å². The predicted octanol–water partition coefficient (Wildman–Crippen LogP) is 5.68. The summed E-state index contributed by atoms with van der Waals surface area (Å²) in [5.41, 5.74) is -2.21. The molecule has 4 rings (SSSR count). The van der Waals surface area contributed by atoms with E-state index >= 15 is 0 Å². The van der Waals surface area contributed by atoms with Crippen LogP contribution in [-0.4, -0.2) is 38.4 Å². The van der Waals surface area contributed by atoms with E-state index in [-0.39, 0.29) is 27.6 Å². The van der Waals surface area contributed by atoms with Crippen molar-refractivity contribution in [3.05, 3.63) is 12.2 Å². The van der Waals surface area contributed by atoms with E-state index in [1.165, 1.54) is 0 Å². The van der Waals surface area contributed by atoms with Crippen molar-refractivity contribution in [1.29, 1.82) is 0 Å². The fourth-order valence-corrected chi connectivity index (χ4v) is 10.2. The average Bonchev–Trinajstić information content (AvgIpc) is 2.89. The van der Waals surface area contributed by atoms with Crippen molar-refractivity contribution in [2.45, 2.75) is 124 Å². The Bertz CT molecular complexity index is 850. The minimum atomic E-state index is -1.04. The molecule has 0 heterocycles. The second-order valence-electron chi connectivity index (χ2n) is 14.7. The highest BCUT2D eigenvalue weighted by molar-refractivity contribution is 5.85. The summed E-state index contributed by atoms with van der Waals surface area (Å²) in [6.45, 7) is 16.9. The van der Waals surface area contributed by atoms with E-state index < -0.39 is 17.3 Å². The number of ketones is 1. The maximum Gasteiger partial charge on any atom is 0.138 e. The number of hydrogen-bond acceptors (Lipinski definition) is 4. The summed E-state index contributed by atoms with van der Waals surface area (Å²) in [7, 11) is 0. The lowest BCUT2D eigenvalue weighted by atomic mass is 9.38. The van der Waals surface area contributed by atoms with Crippen LogP contribution in [0, 0.1) is 45.3 Å². The summed E-state index contributed by atoms with van der Waals surface area (Å²) in [4.78, 5) is 12.8. The van der Waals surface area contributed by atoms with E-state index in [2.05, 4.69) is 34.6 Å². The third-order valence-corrected chi connectivity index (χ3v) is 11.9. The monoisotopic (exact) mass is 474 g/mol. The molecule has 4 heteroatoms. The van der Waals surface area contributed by atoms with Crippen LogP contribution in [0.4, 0.5) is 0 Å². The zero-order valence-corrected chi connectivity index (χ0v) is 22.9. The van der Waals surface area contributed by atoms with Gasteiger partial charge in [-0.05, 0) is 99.7 Å². The molecule has 0 aromatic carbocycles. The fourth-order valence-electron chi connectivity index (χ4n) is 10.2. The number of aliphatic hydroxyl groups is 3. The Labute approximate surface area is 207 Å². The van der Waals surface area contributed by atoms with Gasteiger partial charge < -0.3 is 15.3 Å². The Kier molecular flexibility index (Phi) is 6.12. The quantitative estimate of drug-likeness (QED) is 0.458. The lowest BCUT2D eigenvalue weighted by Gasteiger charge is -2.66. The van der Waals surface area contributed by atoms with Gasteiger partial charge in [0.15, 0.2) is 0 Å². The first-order valence-corrected chi connectivity index (χ1v) is 13.7. The molecule has 4 aliphatic rings. The van der Waals surface area contributed by atoms with Gasteiger partial charge in [-0.1, -0.05) is 46.8 Å². The Morgan fingerprint density at radius 1 is 0.941 bits per heavy atom. The molecule has 0 aliphatic heterocycles. The number of carbonyl (C=O) groups excluding carboxylic acids is 1. The van der Waals surface area contributed by atoms with Crippen molar-refractivity contribution in [3.63, 3.8) is 0 Å². The summed E-state index contributed by atoms with van der Waals surface area (Å²) in [6.07, 6.45) is 10.3. The second-order valence-corrected chi connectivity index (χ2v) is 14.7. The standard InChI is InChI=1S/C30H50O4/c1-25(2,33)14-9-15-30(8,34)24-21(31)18-29(7)20-10-11-22-26(3,4)23(32)13-16-27(22,5)19(20)12-17-28(24,29)6/h9,14,19-22,24,31,33-34H,10-13,15-18H2,1-8H3/b14-9+/t19-,20-,21+,22-,24+,27+,28+,29+,30-/m1/s1. The lowest BCUT2D eigenvalue weighted by Crippen LogP contribution is -2.61. The normalized spacial score (nSPS) is 48.2. The van der Waals surface area contributed by atoms with Gasteiger partial charge in [-0.15, -0.1) is 0 Å². The first-order valence-electron chi connectivity index (χ1n) is 13.7. The molecule has 0 spiro atoms. The summed E-state index contributed by atoms with van der Waals surface area (Å²) < 4.78 is 0. The summed E-state index contributed by atoms with van der Waals surface area (Å²) in [5, 5.41) is 33.2. The van der Waals surface area contributed by atoms with Gasteiger partial charge in [-0.25, -0.2) is 0 Å². The maximum absolute atomic E-state index is 12.8. The van der Waals surface area contributed by atoms with Crippen LogP contribution in [0.2, 0.25) is 0 Å². The molecule has 0 aromatic heterocycles. The molecule has 34 heavy (non-hydrogen) atoms.